The van der Waals surface area contributed by atoms with E-state index in [4.69, 9.17) is 0 Å². The first-order valence-electron chi connectivity index (χ1n) is 3.44. The molecular weight excluding hydrogens is 207 g/mol. The zero-order chi connectivity index (χ0) is 10.8. The zero-order valence-electron chi connectivity index (χ0n) is 6.61. The molecule has 6 heteroatoms. The second kappa shape index (κ2) is 3.81. The minimum Gasteiger partial charge on any atom is -0.434 e. The van der Waals surface area contributed by atoms with Crippen LogP contribution >= 0.6 is 0 Å². The second-order valence-electron chi connectivity index (χ2n) is 2.30. The first kappa shape index (κ1) is 10.7. The summed E-state index contributed by atoms with van der Waals surface area (Å²) < 4.78 is 63.1. The number of hydrogen-bond donors (Lipinski definition) is 0. The third kappa shape index (κ3) is 2.86. The minimum atomic E-state index is -4.61. The monoisotopic (exact) mass is 211 g/mol. The molecule has 0 aliphatic rings. The van der Waals surface area contributed by atoms with E-state index in [1.54, 1.807) is 6.07 Å². The van der Waals surface area contributed by atoms with E-state index in [0.717, 1.165) is 18.2 Å². The Morgan fingerprint density at radius 3 is 2.36 bits per heavy atom. The van der Waals surface area contributed by atoms with Gasteiger partial charge in [-0.2, -0.15) is 22.0 Å². The van der Waals surface area contributed by atoms with Gasteiger partial charge in [0.05, 0.1) is 5.56 Å². The van der Waals surface area contributed by atoms with Crippen molar-refractivity contribution in [2.75, 3.05) is 0 Å². The Morgan fingerprint density at radius 1 is 1.21 bits per heavy atom. The van der Waals surface area contributed by atoms with Crippen LogP contribution in [0.25, 0.3) is 0 Å². The Balaban J connectivity index is 2.90. The molecule has 1 nitrogen and oxygen atoms in total. The van der Waals surface area contributed by atoms with Gasteiger partial charge in [0.15, 0.2) is 0 Å². The fraction of sp³-hybridized carbons (Fsp3) is 0.250. The van der Waals surface area contributed by atoms with E-state index in [0.29, 0.717) is 0 Å². The van der Waals surface area contributed by atoms with Gasteiger partial charge in [-0.15, -0.1) is 0 Å². The molecule has 0 fully saturated rings. The summed E-state index contributed by atoms with van der Waals surface area (Å²) in [6.07, 6.45) is -4.61. The van der Waals surface area contributed by atoms with Crippen LogP contribution in [0.1, 0.15) is 5.56 Å². The van der Waals surface area contributed by atoms with Crippen LogP contribution in [0.4, 0.5) is 22.0 Å². The molecule has 0 N–H and O–H groups in total. The number of halogens is 5. The highest BCUT2D eigenvalue weighted by Crippen LogP contribution is 2.30. The molecule has 0 heterocycles. The van der Waals surface area contributed by atoms with E-state index < -0.39 is 24.1 Å². The van der Waals surface area contributed by atoms with Crippen molar-refractivity contribution in [2.24, 2.45) is 0 Å². The van der Waals surface area contributed by atoms with Crippen molar-refractivity contribution in [1.82, 2.24) is 0 Å². The van der Waals surface area contributed by atoms with Gasteiger partial charge in [-0.25, -0.2) is 0 Å². The van der Waals surface area contributed by atoms with Gasteiger partial charge in [-0.1, -0.05) is 6.07 Å². The van der Waals surface area contributed by atoms with Crippen molar-refractivity contribution in [2.45, 2.75) is 12.8 Å². The molecule has 1 aromatic carbocycles. The zero-order valence-corrected chi connectivity index (χ0v) is 6.61. The van der Waals surface area contributed by atoms with E-state index in [1.165, 1.54) is 0 Å². The van der Waals surface area contributed by atoms with E-state index in [-0.39, 0.29) is 0 Å². The third-order valence-corrected chi connectivity index (χ3v) is 1.29. The molecule has 1 aromatic rings. The normalized spacial score (nSPS) is 11.9. The molecule has 0 aliphatic carbocycles. The van der Waals surface area contributed by atoms with Gasteiger partial charge in [-0.3, -0.25) is 0 Å². The number of alkyl halides is 5. The maximum Gasteiger partial charge on any atom is 0.417 e. The molecule has 77 valence electrons. The van der Waals surface area contributed by atoms with Gasteiger partial charge in [0.2, 0.25) is 0 Å². The summed E-state index contributed by atoms with van der Waals surface area (Å²) in [5.41, 5.74) is -1.14. The highest BCUT2D eigenvalue weighted by atomic mass is 19.4. The summed E-state index contributed by atoms with van der Waals surface area (Å²) in [7, 11) is 0. The highest BCUT2D eigenvalue weighted by molar-refractivity contribution is 5.28. The standard InChI is InChI=1S/C8H4F5O/c9-7(10)14-6-3-1-2-5(4-6)8(11,12)13/h1-3,7H. The predicted molar refractivity (Wildman–Crippen MR) is 36.9 cm³/mol. The van der Waals surface area contributed by atoms with Gasteiger partial charge in [0.1, 0.15) is 5.75 Å². The van der Waals surface area contributed by atoms with Crippen molar-refractivity contribution in [3.63, 3.8) is 0 Å². The Bertz CT molecular complexity index is 307. The molecule has 0 atom stereocenters. The van der Waals surface area contributed by atoms with Crippen LogP contribution in [0.2, 0.25) is 0 Å². The Labute approximate surface area is 76.1 Å². The van der Waals surface area contributed by atoms with Crippen molar-refractivity contribution in [1.29, 1.82) is 0 Å². The number of ether oxygens (including phenoxy) is 1. The minimum absolute atomic E-state index is 0.630. The molecule has 0 saturated carbocycles. The molecule has 1 rings (SSSR count). The van der Waals surface area contributed by atoms with Gasteiger partial charge >= 0.3 is 12.8 Å². The van der Waals surface area contributed by atoms with Crippen LogP contribution in [0.15, 0.2) is 18.2 Å². The van der Waals surface area contributed by atoms with Crippen LogP contribution < -0.4 is 4.74 Å². The average Bonchev–Trinajstić information content (AvgIpc) is 2.01. The molecule has 0 aliphatic heterocycles. The van der Waals surface area contributed by atoms with Crippen LogP contribution in [-0.4, -0.2) is 6.61 Å². The maximum absolute atomic E-state index is 12.0. The van der Waals surface area contributed by atoms with E-state index >= 15 is 0 Å². The lowest BCUT2D eigenvalue weighted by atomic mass is 10.2. The summed E-state index contributed by atoms with van der Waals surface area (Å²) in [4.78, 5) is 0. The lowest BCUT2D eigenvalue weighted by molar-refractivity contribution is -0.138. The summed E-state index contributed by atoms with van der Waals surface area (Å²) in [5.74, 6) is -0.630. The number of hydrogen-bond acceptors (Lipinski definition) is 1. The lowest BCUT2D eigenvalue weighted by Crippen LogP contribution is -2.07. The first-order valence-corrected chi connectivity index (χ1v) is 3.44. The van der Waals surface area contributed by atoms with Crippen LogP contribution in [0.3, 0.4) is 0 Å². The maximum atomic E-state index is 12.0. The molecule has 0 amide bonds. The number of rotatable bonds is 2. The van der Waals surface area contributed by atoms with Crippen molar-refractivity contribution >= 4 is 0 Å². The Morgan fingerprint density at radius 2 is 1.86 bits per heavy atom. The van der Waals surface area contributed by atoms with E-state index in [9.17, 15) is 22.0 Å². The topological polar surface area (TPSA) is 9.23 Å². The van der Waals surface area contributed by atoms with Crippen LogP contribution in [0, 0.1) is 6.07 Å². The summed E-state index contributed by atoms with van der Waals surface area (Å²) in [5, 5.41) is 0. The smallest absolute Gasteiger partial charge is 0.417 e. The van der Waals surface area contributed by atoms with Gasteiger partial charge in [0, 0.05) is 6.07 Å². The molecule has 1 radical (unpaired) electrons. The fourth-order valence-corrected chi connectivity index (χ4v) is 0.778. The number of benzene rings is 1. The molecule has 14 heavy (non-hydrogen) atoms. The van der Waals surface area contributed by atoms with E-state index in [2.05, 4.69) is 4.74 Å². The molecular formula is C8H4F5O. The SMILES string of the molecule is FC(F)Oc1[c]c(C(F)(F)F)ccc1. The molecule has 0 saturated heterocycles. The largest absolute Gasteiger partial charge is 0.434 e. The van der Waals surface area contributed by atoms with Gasteiger partial charge in [0.25, 0.3) is 0 Å². The second-order valence-corrected chi connectivity index (χ2v) is 2.30. The van der Waals surface area contributed by atoms with Crippen molar-refractivity contribution in [3.05, 3.63) is 29.8 Å². The van der Waals surface area contributed by atoms with Crippen LogP contribution in [0.5, 0.6) is 5.75 Å². The summed E-state index contributed by atoms with van der Waals surface area (Å²) in [6, 6.07) is 4.35. The fourth-order valence-electron chi connectivity index (χ4n) is 0.778. The first-order chi connectivity index (χ1) is 6.39. The van der Waals surface area contributed by atoms with Gasteiger partial charge in [-0.05, 0) is 12.1 Å². The van der Waals surface area contributed by atoms with E-state index in [1.807, 2.05) is 0 Å². The quantitative estimate of drug-likeness (QED) is 0.683. The Kier molecular flexibility index (Phi) is 2.93. The predicted octanol–water partition coefficient (Wildman–Crippen LogP) is 3.11. The molecule has 0 spiro atoms. The molecule has 0 bridgehead atoms. The summed E-state index contributed by atoms with van der Waals surface area (Å²) >= 11 is 0. The van der Waals surface area contributed by atoms with Crippen molar-refractivity contribution in [3.8, 4) is 5.75 Å². The lowest BCUT2D eigenvalue weighted by Gasteiger charge is -2.08. The Hall–Kier alpha value is -1.33. The average molecular weight is 211 g/mol. The molecule has 0 aromatic heterocycles. The third-order valence-electron chi connectivity index (χ3n) is 1.29. The van der Waals surface area contributed by atoms with Gasteiger partial charge < -0.3 is 4.74 Å². The highest BCUT2D eigenvalue weighted by Gasteiger charge is 2.31. The van der Waals surface area contributed by atoms with Crippen molar-refractivity contribution < 1.29 is 26.7 Å². The van der Waals surface area contributed by atoms with Crippen LogP contribution in [-0.2, 0) is 6.18 Å². The molecule has 0 unspecified atom stereocenters. The summed E-state index contributed by atoms with van der Waals surface area (Å²) in [6.45, 7) is -3.16.